The molecule has 0 fully saturated rings. The smallest absolute Gasteiger partial charge is 0.324 e. The van der Waals surface area contributed by atoms with Gasteiger partial charge in [-0.15, -0.1) is 0 Å². The normalized spacial score (nSPS) is 12.4. The van der Waals surface area contributed by atoms with Gasteiger partial charge in [-0.3, -0.25) is 9.59 Å². The zero-order valence-electron chi connectivity index (χ0n) is 12.9. The van der Waals surface area contributed by atoms with Crippen LogP contribution in [0.5, 0.6) is 5.75 Å². The van der Waals surface area contributed by atoms with Crippen LogP contribution in [0.2, 0.25) is 0 Å². The predicted octanol–water partition coefficient (Wildman–Crippen LogP) is 0.171. The van der Waals surface area contributed by atoms with Crippen LogP contribution >= 0.6 is 0 Å². The number of amides is 1. The third-order valence-electron chi connectivity index (χ3n) is 2.81. The van der Waals surface area contributed by atoms with Crippen LogP contribution in [-0.2, 0) is 24.3 Å². The molecule has 0 aliphatic carbocycles. The Morgan fingerprint density at radius 3 is 2.35 bits per heavy atom. The van der Waals surface area contributed by atoms with Gasteiger partial charge in [0, 0.05) is 0 Å². The first-order valence-corrected chi connectivity index (χ1v) is 8.39. The molecule has 0 heterocycles. The van der Waals surface area contributed by atoms with E-state index in [1.807, 2.05) is 0 Å². The van der Waals surface area contributed by atoms with E-state index in [4.69, 9.17) is 15.2 Å². The largest absolute Gasteiger partial charge is 0.497 e. The van der Waals surface area contributed by atoms with Crippen molar-refractivity contribution in [2.24, 2.45) is 5.73 Å². The number of carbonyl (C=O) groups is 2. The molecule has 9 heteroatoms. The van der Waals surface area contributed by atoms with E-state index in [-0.39, 0.29) is 11.5 Å². The summed E-state index contributed by atoms with van der Waals surface area (Å²) < 4.78 is 36.5. The molecule has 1 aromatic carbocycles. The Morgan fingerprint density at radius 1 is 1.26 bits per heavy atom. The maximum atomic E-state index is 12.3. The van der Waals surface area contributed by atoms with Crippen LogP contribution in [-0.4, -0.2) is 40.1 Å². The van der Waals surface area contributed by atoms with Gasteiger partial charge < -0.3 is 15.2 Å². The fourth-order valence-electron chi connectivity index (χ4n) is 1.69. The molecule has 0 saturated carbocycles. The molecule has 0 aromatic heterocycles. The van der Waals surface area contributed by atoms with E-state index >= 15 is 0 Å². The number of sulfonamides is 1. The number of carbonyl (C=O) groups excluding carboxylic acids is 2. The standard InChI is InChI=1S/C14H20N2O6S/c1-3-8-22-14(18)12(9-13(15)17)16-23(19,20)11-6-4-10(21-2)5-7-11/h4-7,12,16H,3,8-9H2,1-2H3,(H2,15,17). The minimum Gasteiger partial charge on any atom is -0.497 e. The van der Waals surface area contributed by atoms with Crippen molar-refractivity contribution in [1.29, 1.82) is 0 Å². The number of benzene rings is 1. The number of nitrogens with two attached hydrogens (primary N) is 1. The summed E-state index contributed by atoms with van der Waals surface area (Å²) in [6, 6.07) is 4.20. The van der Waals surface area contributed by atoms with Crippen molar-refractivity contribution in [3.05, 3.63) is 24.3 Å². The molecule has 0 aliphatic rings. The van der Waals surface area contributed by atoms with Crippen molar-refractivity contribution in [2.45, 2.75) is 30.7 Å². The summed E-state index contributed by atoms with van der Waals surface area (Å²) in [7, 11) is -2.56. The number of esters is 1. The monoisotopic (exact) mass is 344 g/mol. The molecule has 0 radical (unpaired) electrons. The molecule has 128 valence electrons. The molecule has 8 nitrogen and oxygen atoms in total. The SMILES string of the molecule is CCCOC(=O)C(CC(N)=O)NS(=O)(=O)c1ccc(OC)cc1. The molecule has 0 spiro atoms. The van der Waals surface area contributed by atoms with Crippen LogP contribution in [0.1, 0.15) is 19.8 Å². The zero-order valence-corrected chi connectivity index (χ0v) is 13.8. The second-order valence-corrected chi connectivity index (χ2v) is 6.40. The Morgan fingerprint density at radius 2 is 1.87 bits per heavy atom. The minimum absolute atomic E-state index is 0.0731. The number of methoxy groups -OCH3 is 1. The number of rotatable bonds is 9. The molecule has 1 atom stereocenters. The number of hydrogen-bond acceptors (Lipinski definition) is 6. The van der Waals surface area contributed by atoms with Crippen molar-refractivity contribution < 1.29 is 27.5 Å². The number of hydrogen-bond donors (Lipinski definition) is 2. The van der Waals surface area contributed by atoms with Gasteiger partial charge in [-0.25, -0.2) is 8.42 Å². The number of ether oxygens (including phenoxy) is 2. The molecule has 1 amide bonds. The average molecular weight is 344 g/mol. The summed E-state index contributed by atoms with van der Waals surface area (Å²) in [5.74, 6) is -1.18. The second-order valence-electron chi connectivity index (χ2n) is 4.69. The molecule has 0 bridgehead atoms. The molecule has 0 saturated heterocycles. The first kappa shape index (κ1) is 18.9. The number of nitrogens with one attached hydrogen (secondary N) is 1. The highest BCUT2D eigenvalue weighted by Gasteiger charge is 2.28. The van der Waals surface area contributed by atoms with Crippen molar-refractivity contribution in [1.82, 2.24) is 4.72 Å². The fraction of sp³-hybridized carbons (Fsp3) is 0.429. The summed E-state index contributed by atoms with van der Waals surface area (Å²) in [6.45, 7) is 1.91. The van der Waals surface area contributed by atoms with Crippen molar-refractivity contribution >= 4 is 21.9 Å². The minimum atomic E-state index is -4.01. The Kier molecular flexibility index (Phi) is 6.98. The maximum Gasteiger partial charge on any atom is 0.324 e. The molecule has 1 rings (SSSR count). The highest BCUT2D eigenvalue weighted by atomic mass is 32.2. The highest BCUT2D eigenvalue weighted by Crippen LogP contribution is 2.16. The average Bonchev–Trinajstić information content (AvgIpc) is 2.51. The Balaban J connectivity index is 2.94. The van der Waals surface area contributed by atoms with Gasteiger partial charge >= 0.3 is 5.97 Å². The van der Waals surface area contributed by atoms with E-state index < -0.39 is 34.4 Å². The quantitative estimate of drug-likeness (QED) is 0.615. The van der Waals surface area contributed by atoms with Gasteiger partial charge in [-0.2, -0.15) is 4.72 Å². The van der Waals surface area contributed by atoms with E-state index in [1.165, 1.54) is 31.4 Å². The fourth-order valence-corrected chi connectivity index (χ4v) is 2.87. The van der Waals surface area contributed by atoms with Crippen LogP contribution in [0, 0.1) is 0 Å². The van der Waals surface area contributed by atoms with Crippen molar-refractivity contribution in [3.63, 3.8) is 0 Å². The van der Waals surface area contributed by atoms with E-state index in [9.17, 15) is 18.0 Å². The van der Waals surface area contributed by atoms with Gasteiger partial charge in [0.1, 0.15) is 11.8 Å². The topological polar surface area (TPSA) is 125 Å². The summed E-state index contributed by atoms with van der Waals surface area (Å²) in [5.41, 5.74) is 5.06. The molecule has 0 aliphatic heterocycles. The van der Waals surface area contributed by atoms with Crippen LogP contribution < -0.4 is 15.2 Å². The molecule has 1 aromatic rings. The Hall–Kier alpha value is -2.13. The Labute approximate surface area is 135 Å². The third kappa shape index (κ3) is 5.87. The molecule has 3 N–H and O–H groups in total. The van der Waals surface area contributed by atoms with Crippen molar-refractivity contribution in [2.75, 3.05) is 13.7 Å². The van der Waals surface area contributed by atoms with Crippen LogP contribution in [0.15, 0.2) is 29.2 Å². The van der Waals surface area contributed by atoms with E-state index in [0.717, 1.165) is 0 Å². The van der Waals surface area contributed by atoms with E-state index in [0.29, 0.717) is 12.2 Å². The lowest BCUT2D eigenvalue weighted by atomic mass is 10.2. The lowest BCUT2D eigenvalue weighted by Crippen LogP contribution is -2.44. The van der Waals surface area contributed by atoms with Gasteiger partial charge in [0.15, 0.2) is 0 Å². The molecule has 23 heavy (non-hydrogen) atoms. The molecule has 1 unspecified atom stereocenters. The lowest BCUT2D eigenvalue weighted by Gasteiger charge is -2.16. The van der Waals surface area contributed by atoms with Gasteiger partial charge in [0.25, 0.3) is 0 Å². The predicted molar refractivity (Wildman–Crippen MR) is 82.2 cm³/mol. The maximum absolute atomic E-state index is 12.3. The summed E-state index contributed by atoms with van der Waals surface area (Å²) in [6.07, 6.45) is 0.0815. The van der Waals surface area contributed by atoms with Crippen LogP contribution in [0.4, 0.5) is 0 Å². The second kappa shape index (κ2) is 8.49. The summed E-state index contributed by atoms with van der Waals surface area (Å²) in [5, 5.41) is 0. The van der Waals surface area contributed by atoms with Crippen LogP contribution in [0.3, 0.4) is 0 Å². The third-order valence-corrected chi connectivity index (χ3v) is 4.29. The first-order chi connectivity index (χ1) is 10.8. The first-order valence-electron chi connectivity index (χ1n) is 6.91. The van der Waals surface area contributed by atoms with E-state index in [2.05, 4.69) is 4.72 Å². The van der Waals surface area contributed by atoms with Crippen LogP contribution in [0.25, 0.3) is 0 Å². The Bertz CT molecular complexity index is 642. The van der Waals surface area contributed by atoms with Gasteiger partial charge in [-0.1, -0.05) is 6.92 Å². The highest BCUT2D eigenvalue weighted by molar-refractivity contribution is 7.89. The molecular weight excluding hydrogens is 324 g/mol. The van der Waals surface area contributed by atoms with Gasteiger partial charge in [-0.05, 0) is 30.7 Å². The van der Waals surface area contributed by atoms with Gasteiger partial charge in [0.2, 0.25) is 15.9 Å². The lowest BCUT2D eigenvalue weighted by molar-refractivity contribution is -0.147. The summed E-state index contributed by atoms with van der Waals surface area (Å²) in [4.78, 5) is 22.9. The summed E-state index contributed by atoms with van der Waals surface area (Å²) >= 11 is 0. The zero-order chi connectivity index (χ0) is 17.5. The molecular formula is C14H20N2O6S. The van der Waals surface area contributed by atoms with Crippen molar-refractivity contribution in [3.8, 4) is 5.75 Å². The van der Waals surface area contributed by atoms with Gasteiger partial charge in [0.05, 0.1) is 25.0 Å². The number of primary amides is 1. The van der Waals surface area contributed by atoms with E-state index in [1.54, 1.807) is 6.92 Å².